The van der Waals surface area contributed by atoms with Gasteiger partial charge in [0.15, 0.2) is 0 Å². The highest BCUT2D eigenvalue weighted by molar-refractivity contribution is 5.94. The number of hydrogen-bond donors (Lipinski definition) is 3. The first-order valence-electron chi connectivity index (χ1n) is 8.35. The highest BCUT2D eigenvalue weighted by atomic mass is 19.1. The molecule has 1 aliphatic rings. The van der Waals surface area contributed by atoms with E-state index in [0.717, 1.165) is 19.3 Å². The summed E-state index contributed by atoms with van der Waals surface area (Å²) in [6, 6.07) is 9.12. The van der Waals surface area contributed by atoms with E-state index in [9.17, 15) is 9.18 Å². The second-order valence-electron chi connectivity index (χ2n) is 5.99. The molecular weight excluding hydrogens is 323 g/mol. The number of carbonyl (C=O) groups excluding carboxylic acids is 1. The lowest BCUT2D eigenvalue weighted by atomic mass is 10.1. The quantitative estimate of drug-likeness (QED) is 0.751. The first-order valence-corrected chi connectivity index (χ1v) is 8.35. The standard InChI is InChI=1S/C18H21FN4O2/c1-2-3-13-10-16(23-22-13)18(24)21-14-6-9-17(20-11-14)25-15-7-4-12(19)5-8-15/h4-9,11,13,16,22-23H,2-3,10H2,1H3,(H,21,24). The maximum Gasteiger partial charge on any atom is 0.242 e. The number of carbonyl (C=O) groups is 1. The summed E-state index contributed by atoms with van der Waals surface area (Å²) in [7, 11) is 0. The predicted molar refractivity (Wildman–Crippen MR) is 92.7 cm³/mol. The number of amides is 1. The number of nitrogens with one attached hydrogen (secondary N) is 3. The largest absolute Gasteiger partial charge is 0.439 e. The van der Waals surface area contributed by atoms with Gasteiger partial charge >= 0.3 is 0 Å². The number of hydrazine groups is 1. The Morgan fingerprint density at radius 3 is 2.76 bits per heavy atom. The number of benzene rings is 1. The molecule has 7 heteroatoms. The molecule has 0 spiro atoms. The minimum atomic E-state index is -0.324. The molecule has 2 heterocycles. The van der Waals surface area contributed by atoms with E-state index in [1.807, 2.05) is 0 Å². The molecule has 1 amide bonds. The minimum Gasteiger partial charge on any atom is -0.439 e. The fourth-order valence-corrected chi connectivity index (χ4v) is 2.70. The molecule has 3 rings (SSSR count). The average Bonchev–Trinajstić information content (AvgIpc) is 3.08. The summed E-state index contributed by atoms with van der Waals surface area (Å²) in [6.45, 7) is 2.12. The summed E-state index contributed by atoms with van der Waals surface area (Å²) in [5.74, 6) is 0.441. The Morgan fingerprint density at radius 1 is 1.28 bits per heavy atom. The molecule has 2 aromatic rings. The van der Waals surface area contributed by atoms with Crippen LogP contribution in [0.2, 0.25) is 0 Å². The molecule has 6 nitrogen and oxygen atoms in total. The third kappa shape index (κ3) is 4.74. The van der Waals surface area contributed by atoms with E-state index in [1.165, 1.54) is 30.5 Å². The molecule has 2 unspecified atom stereocenters. The fraction of sp³-hybridized carbons (Fsp3) is 0.333. The van der Waals surface area contributed by atoms with Crippen LogP contribution in [0.4, 0.5) is 10.1 Å². The van der Waals surface area contributed by atoms with E-state index in [0.29, 0.717) is 23.4 Å². The van der Waals surface area contributed by atoms with Gasteiger partial charge in [-0.15, -0.1) is 0 Å². The van der Waals surface area contributed by atoms with Gasteiger partial charge in [0.1, 0.15) is 17.6 Å². The van der Waals surface area contributed by atoms with Crippen molar-refractivity contribution in [1.82, 2.24) is 15.8 Å². The molecule has 132 valence electrons. The Morgan fingerprint density at radius 2 is 2.08 bits per heavy atom. The van der Waals surface area contributed by atoms with Crippen molar-refractivity contribution in [3.63, 3.8) is 0 Å². The number of aromatic nitrogens is 1. The molecule has 1 aliphatic heterocycles. The Balaban J connectivity index is 1.54. The highest BCUT2D eigenvalue weighted by Crippen LogP contribution is 2.21. The van der Waals surface area contributed by atoms with Crippen LogP contribution in [0.3, 0.4) is 0 Å². The first-order chi connectivity index (χ1) is 12.1. The van der Waals surface area contributed by atoms with Gasteiger partial charge < -0.3 is 10.1 Å². The number of pyridine rings is 1. The van der Waals surface area contributed by atoms with E-state index in [4.69, 9.17) is 4.74 Å². The fourth-order valence-electron chi connectivity index (χ4n) is 2.70. The zero-order valence-corrected chi connectivity index (χ0v) is 14.0. The third-order valence-corrected chi connectivity index (χ3v) is 3.98. The SMILES string of the molecule is CCCC1CC(C(=O)Nc2ccc(Oc3ccc(F)cc3)nc2)NN1. The molecule has 0 aliphatic carbocycles. The van der Waals surface area contributed by atoms with Crippen LogP contribution < -0.4 is 20.9 Å². The van der Waals surface area contributed by atoms with Crippen LogP contribution >= 0.6 is 0 Å². The van der Waals surface area contributed by atoms with Crippen LogP contribution in [0.25, 0.3) is 0 Å². The molecular formula is C18H21FN4O2. The molecule has 1 aromatic carbocycles. The van der Waals surface area contributed by atoms with Crippen molar-refractivity contribution in [1.29, 1.82) is 0 Å². The maximum atomic E-state index is 12.9. The van der Waals surface area contributed by atoms with Crippen molar-refractivity contribution in [3.05, 3.63) is 48.4 Å². The van der Waals surface area contributed by atoms with Crippen molar-refractivity contribution in [2.24, 2.45) is 0 Å². The Labute approximate surface area is 145 Å². The Kier molecular flexibility index (Phi) is 5.57. The van der Waals surface area contributed by atoms with Crippen LogP contribution in [0, 0.1) is 5.82 Å². The Hall–Kier alpha value is -2.51. The summed E-state index contributed by atoms with van der Waals surface area (Å²) in [4.78, 5) is 16.4. The zero-order chi connectivity index (χ0) is 17.6. The summed E-state index contributed by atoms with van der Waals surface area (Å²) >= 11 is 0. The summed E-state index contributed by atoms with van der Waals surface area (Å²) in [6.07, 6.45) is 4.41. The van der Waals surface area contributed by atoms with E-state index in [2.05, 4.69) is 28.1 Å². The number of ether oxygens (including phenoxy) is 1. The topological polar surface area (TPSA) is 75.3 Å². The molecule has 3 N–H and O–H groups in total. The van der Waals surface area contributed by atoms with E-state index in [1.54, 1.807) is 12.1 Å². The van der Waals surface area contributed by atoms with Crippen LogP contribution in [0.5, 0.6) is 11.6 Å². The minimum absolute atomic E-state index is 0.0971. The van der Waals surface area contributed by atoms with Gasteiger partial charge in [0, 0.05) is 12.1 Å². The predicted octanol–water partition coefficient (Wildman–Crippen LogP) is 2.99. The smallest absolute Gasteiger partial charge is 0.242 e. The number of hydrogen-bond acceptors (Lipinski definition) is 5. The molecule has 2 atom stereocenters. The summed E-state index contributed by atoms with van der Waals surface area (Å²) in [5, 5.41) is 2.84. The number of halogens is 1. The van der Waals surface area contributed by atoms with Gasteiger partial charge in [0.25, 0.3) is 0 Å². The number of rotatable bonds is 6. The zero-order valence-electron chi connectivity index (χ0n) is 14.0. The van der Waals surface area contributed by atoms with E-state index in [-0.39, 0.29) is 17.8 Å². The second kappa shape index (κ2) is 8.04. The van der Waals surface area contributed by atoms with Crippen molar-refractivity contribution < 1.29 is 13.9 Å². The van der Waals surface area contributed by atoms with Crippen molar-refractivity contribution >= 4 is 11.6 Å². The lowest BCUT2D eigenvalue weighted by Crippen LogP contribution is -2.40. The lowest BCUT2D eigenvalue weighted by molar-refractivity contribution is -0.117. The van der Waals surface area contributed by atoms with Gasteiger partial charge in [-0.3, -0.25) is 10.2 Å². The molecule has 1 aromatic heterocycles. The monoisotopic (exact) mass is 344 g/mol. The first kappa shape index (κ1) is 17.3. The van der Waals surface area contributed by atoms with Gasteiger partial charge in [-0.05, 0) is 43.2 Å². The molecule has 1 fully saturated rings. The van der Waals surface area contributed by atoms with Gasteiger partial charge in [-0.25, -0.2) is 14.8 Å². The van der Waals surface area contributed by atoms with E-state index < -0.39 is 0 Å². The molecule has 25 heavy (non-hydrogen) atoms. The number of anilines is 1. The summed E-state index contributed by atoms with van der Waals surface area (Å²) < 4.78 is 18.4. The van der Waals surface area contributed by atoms with Crippen LogP contribution in [-0.4, -0.2) is 23.0 Å². The number of nitrogens with zero attached hydrogens (tertiary/aromatic N) is 1. The molecule has 0 saturated carbocycles. The van der Waals surface area contributed by atoms with Gasteiger partial charge in [0.2, 0.25) is 11.8 Å². The van der Waals surface area contributed by atoms with Crippen molar-refractivity contribution in [3.8, 4) is 11.6 Å². The normalized spacial score (nSPS) is 19.6. The van der Waals surface area contributed by atoms with Crippen LogP contribution in [-0.2, 0) is 4.79 Å². The van der Waals surface area contributed by atoms with Gasteiger partial charge in [0.05, 0.1) is 11.9 Å². The lowest BCUT2D eigenvalue weighted by Gasteiger charge is -2.11. The van der Waals surface area contributed by atoms with Crippen LogP contribution in [0.15, 0.2) is 42.6 Å². The van der Waals surface area contributed by atoms with Crippen LogP contribution in [0.1, 0.15) is 26.2 Å². The third-order valence-electron chi connectivity index (χ3n) is 3.98. The van der Waals surface area contributed by atoms with Crippen molar-refractivity contribution in [2.75, 3.05) is 5.32 Å². The summed E-state index contributed by atoms with van der Waals surface area (Å²) in [5.41, 5.74) is 6.76. The van der Waals surface area contributed by atoms with Gasteiger partial charge in [-0.2, -0.15) is 0 Å². The maximum absolute atomic E-state index is 12.9. The Bertz CT molecular complexity index is 706. The van der Waals surface area contributed by atoms with E-state index >= 15 is 0 Å². The van der Waals surface area contributed by atoms with Crippen molar-refractivity contribution in [2.45, 2.75) is 38.3 Å². The van der Waals surface area contributed by atoms with Gasteiger partial charge in [-0.1, -0.05) is 13.3 Å². The average molecular weight is 344 g/mol. The highest BCUT2D eigenvalue weighted by Gasteiger charge is 2.28. The molecule has 1 saturated heterocycles. The second-order valence-corrected chi connectivity index (χ2v) is 5.99. The molecule has 0 bridgehead atoms. The molecule has 0 radical (unpaired) electrons.